The lowest BCUT2D eigenvalue weighted by molar-refractivity contribution is -0.158. The van der Waals surface area contributed by atoms with Crippen LogP contribution in [0.2, 0.25) is 0 Å². The van der Waals surface area contributed by atoms with Crippen LogP contribution in [0.3, 0.4) is 0 Å². The molecule has 0 N–H and O–H groups in total. The van der Waals surface area contributed by atoms with Crippen molar-refractivity contribution in [1.82, 2.24) is 14.8 Å². The van der Waals surface area contributed by atoms with Gasteiger partial charge in [0.1, 0.15) is 28.2 Å². The Labute approximate surface area is 274 Å². The third-order valence-electron chi connectivity index (χ3n) is 7.63. The van der Waals surface area contributed by atoms with Gasteiger partial charge < -0.3 is 14.2 Å². The standard InChI is InChI=1S/C34H35F3N4O5S/c1-18-19(2)47-32-29(18)30(38-25(13-15-27(42)44-7)31-40-39-20(3)41(31)32)22-10-8-21(9-11-22)23-12-14-26(24(16-23)34(35,36)37)45-17-28(43)46-33(4,5)6/h8-12,14,16,25H,13,15,17H2,1-7H3/t25-/m0/s1. The van der Waals surface area contributed by atoms with Gasteiger partial charge in [0.15, 0.2) is 12.4 Å². The quantitative estimate of drug-likeness (QED) is 0.179. The summed E-state index contributed by atoms with van der Waals surface area (Å²) in [5.74, 6) is -0.286. The number of methoxy groups -OCH3 is 1. The number of ether oxygens (including phenoxy) is 3. The lowest BCUT2D eigenvalue weighted by Crippen LogP contribution is -2.27. The fraction of sp³-hybridized carbons (Fsp3) is 0.382. The number of hydrogen-bond donors (Lipinski definition) is 0. The third kappa shape index (κ3) is 7.24. The van der Waals surface area contributed by atoms with E-state index in [9.17, 15) is 22.8 Å². The second kappa shape index (κ2) is 12.9. The summed E-state index contributed by atoms with van der Waals surface area (Å²) >= 11 is 1.60. The van der Waals surface area contributed by atoms with E-state index in [0.29, 0.717) is 34.9 Å². The lowest BCUT2D eigenvalue weighted by Gasteiger charge is -2.20. The summed E-state index contributed by atoms with van der Waals surface area (Å²) in [6, 6.07) is 10.4. The Morgan fingerprint density at radius 2 is 1.60 bits per heavy atom. The van der Waals surface area contributed by atoms with Crippen LogP contribution in [0, 0.1) is 20.8 Å². The molecular formula is C34H35F3N4O5S. The van der Waals surface area contributed by atoms with Crippen LogP contribution in [0.4, 0.5) is 13.2 Å². The molecule has 1 atom stereocenters. The van der Waals surface area contributed by atoms with Gasteiger partial charge in [-0.3, -0.25) is 14.4 Å². The molecule has 0 saturated heterocycles. The van der Waals surface area contributed by atoms with E-state index in [-0.39, 0.29) is 12.4 Å². The van der Waals surface area contributed by atoms with Gasteiger partial charge in [-0.1, -0.05) is 30.3 Å². The van der Waals surface area contributed by atoms with Crippen LogP contribution in [0.15, 0.2) is 47.5 Å². The molecule has 3 heterocycles. The van der Waals surface area contributed by atoms with Crippen LogP contribution in [-0.2, 0) is 25.2 Å². The molecule has 0 saturated carbocycles. The van der Waals surface area contributed by atoms with Crippen molar-refractivity contribution in [2.45, 2.75) is 72.2 Å². The zero-order valence-corrected chi connectivity index (χ0v) is 27.9. The molecule has 0 bridgehead atoms. The highest BCUT2D eigenvalue weighted by molar-refractivity contribution is 7.15. The molecule has 4 aromatic rings. The molecule has 2 aromatic carbocycles. The molecule has 0 aliphatic carbocycles. The van der Waals surface area contributed by atoms with Gasteiger partial charge in [-0.15, -0.1) is 21.5 Å². The number of aromatic nitrogens is 3. The van der Waals surface area contributed by atoms with Gasteiger partial charge >= 0.3 is 18.1 Å². The van der Waals surface area contributed by atoms with E-state index in [4.69, 9.17) is 19.2 Å². The first-order chi connectivity index (χ1) is 22.1. The number of carbonyl (C=O) groups excluding carboxylic acids is 2. The van der Waals surface area contributed by atoms with Crippen LogP contribution in [0.1, 0.15) is 78.4 Å². The van der Waals surface area contributed by atoms with Gasteiger partial charge in [0.05, 0.1) is 18.4 Å². The third-order valence-corrected chi connectivity index (χ3v) is 8.82. The molecule has 9 nitrogen and oxygen atoms in total. The molecule has 1 aliphatic rings. The van der Waals surface area contributed by atoms with Crippen molar-refractivity contribution in [3.05, 3.63) is 81.2 Å². The SMILES string of the molecule is COC(=O)CC[C@@H]1N=C(c2ccc(-c3ccc(OCC(=O)OC(C)(C)C)c(C(F)(F)F)c3)cc2)c2c(sc(C)c2C)-n2c(C)nnc21. The molecule has 0 amide bonds. The highest BCUT2D eigenvalue weighted by Crippen LogP contribution is 2.41. The maximum atomic E-state index is 14.1. The molecule has 248 valence electrons. The van der Waals surface area contributed by atoms with Gasteiger partial charge in [0.25, 0.3) is 0 Å². The normalized spacial score (nSPS) is 14.5. The van der Waals surface area contributed by atoms with Crippen molar-refractivity contribution in [3.8, 4) is 21.9 Å². The number of halogens is 3. The van der Waals surface area contributed by atoms with Gasteiger partial charge in [0.2, 0.25) is 0 Å². The molecule has 0 unspecified atom stereocenters. The zero-order chi connectivity index (χ0) is 34.3. The van der Waals surface area contributed by atoms with Crippen molar-refractivity contribution in [1.29, 1.82) is 0 Å². The topological polar surface area (TPSA) is 105 Å². The summed E-state index contributed by atoms with van der Waals surface area (Å²) in [4.78, 5) is 30.4. The molecule has 47 heavy (non-hydrogen) atoms. The Bertz CT molecular complexity index is 1850. The van der Waals surface area contributed by atoms with E-state index in [0.717, 1.165) is 32.6 Å². The van der Waals surface area contributed by atoms with E-state index in [1.54, 1.807) is 44.2 Å². The van der Waals surface area contributed by atoms with Gasteiger partial charge in [0, 0.05) is 22.4 Å². The number of nitrogens with zero attached hydrogens (tertiary/aromatic N) is 4. The number of hydrogen-bond acceptors (Lipinski definition) is 9. The van der Waals surface area contributed by atoms with Gasteiger partial charge in [-0.05, 0) is 76.8 Å². The minimum Gasteiger partial charge on any atom is -0.481 e. The maximum Gasteiger partial charge on any atom is 0.419 e. The Kier molecular flexibility index (Phi) is 9.31. The Morgan fingerprint density at radius 3 is 2.23 bits per heavy atom. The van der Waals surface area contributed by atoms with E-state index in [1.807, 2.05) is 37.5 Å². The summed E-state index contributed by atoms with van der Waals surface area (Å²) in [5, 5.41) is 9.65. The van der Waals surface area contributed by atoms with E-state index in [1.165, 1.54) is 19.2 Å². The second-order valence-electron chi connectivity index (χ2n) is 12.2. The van der Waals surface area contributed by atoms with E-state index < -0.39 is 41.7 Å². The molecule has 1 aliphatic heterocycles. The van der Waals surface area contributed by atoms with Crippen molar-refractivity contribution in [2.24, 2.45) is 4.99 Å². The summed E-state index contributed by atoms with van der Waals surface area (Å²) in [5.41, 5.74) is 2.46. The number of esters is 2. The Morgan fingerprint density at radius 1 is 0.936 bits per heavy atom. The first-order valence-electron chi connectivity index (χ1n) is 14.9. The van der Waals surface area contributed by atoms with Crippen LogP contribution in [0.25, 0.3) is 16.1 Å². The van der Waals surface area contributed by atoms with E-state index in [2.05, 4.69) is 10.2 Å². The molecule has 2 aromatic heterocycles. The summed E-state index contributed by atoms with van der Waals surface area (Å²) < 4.78 is 59.6. The molecule has 0 radical (unpaired) electrons. The smallest absolute Gasteiger partial charge is 0.419 e. The zero-order valence-electron chi connectivity index (χ0n) is 27.1. The number of aryl methyl sites for hydroxylation is 2. The number of thiophene rings is 1. The number of rotatable bonds is 8. The number of carbonyl (C=O) groups is 2. The lowest BCUT2D eigenvalue weighted by atomic mass is 9.96. The van der Waals surface area contributed by atoms with Crippen molar-refractivity contribution < 1.29 is 37.0 Å². The minimum absolute atomic E-state index is 0.132. The molecule has 5 rings (SSSR count). The fourth-order valence-corrected chi connectivity index (χ4v) is 6.54. The molecule has 13 heteroatoms. The van der Waals surface area contributed by atoms with E-state index >= 15 is 0 Å². The highest BCUT2D eigenvalue weighted by Gasteiger charge is 2.36. The Balaban J connectivity index is 1.51. The van der Waals surface area contributed by atoms with Crippen LogP contribution >= 0.6 is 11.3 Å². The molecule has 0 spiro atoms. The summed E-state index contributed by atoms with van der Waals surface area (Å²) in [6.45, 7) is 10.2. The number of alkyl halides is 3. The fourth-order valence-electron chi connectivity index (χ4n) is 5.32. The van der Waals surface area contributed by atoms with Crippen LogP contribution in [-0.4, -0.2) is 51.7 Å². The van der Waals surface area contributed by atoms with Crippen LogP contribution < -0.4 is 4.74 Å². The van der Waals surface area contributed by atoms with Gasteiger partial charge in [-0.25, -0.2) is 4.79 Å². The Hall–Kier alpha value is -4.52. The molecule has 0 fully saturated rings. The summed E-state index contributed by atoms with van der Waals surface area (Å²) in [6.07, 6.45) is -4.24. The predicted octanol–water partition coefficient (Wildman–Crippen LogP) is 7.51. The van der Waals surface area contributed by atoms with Gasteiger partial charge in [-0.2, -0.15) is 13.2 Å². The van der Waals surface area contributed by atoms with Crippen molar-refractivity contribution in [3.63, 3.8) is 0 Å². The predicted molar refractivity (Wildman–Crippen MR) is 171 cm³/mol. The van der Waals surface area contributed by atoms with Crippen molar-refractivity contribution >= 4 is 29.0 Å². The average Bonchev–Trinajstić information content (AvgIpc) is 3.48. The molecular weight excluding hydrogens is 633 g/mol. The minimum atomic E-state index is -4.73. The van der Waals surface area contributed by atoms with Crippen LogP contribution in [0.5, 0.6) is 5.75 Å². The first-order valence-corrected chi connectivity index (χ1v) is 15.7. The number of benzene rings is 2. The summed E-state index contributed by atoms with van der Waals surface area (Å²) in [7, 11) is 1.34. The average molecular weight is 669 g/mol. The largest absolute Gasteiger partial charge is 0.481 e. The van der Waals surface area contributed by atoms with Crippen molar-refractivity contribution in [2.75, 3.05) is 13.7 Å². The highest BCUT2D eigenvalue weighted by atomic mass is 32.1. The second-order valence-corrected chi connectivity index (χ2v) is 13.4. The number of aliphatic imine (C=N–C) groups is 1. The monoisotopic (exact) mass is 668 g/mol. The first kappa shape index (κ1) is 33.8. The maximum absolute atomic E-state index is 14.1. The number of fused-ring (bicyclic) bond motifs is 3.